The maximum atomic E-state index is 10.9. The first-order chi connectivity index (χ1) is 9.39. The number of nitrogens with one attached hydrogen (secondary N) is 2. The summed E-state index contributed by atoms with van der Waals surface area (Å²) in [7, 11) is 1.43. The van der Waals surface area contributed by atoms with Gasteiger partial charge in [0.1, 0.15) is 0 Å². The van der Waals surface area contributed by atoms with Gasteiger partial charge >= 0.3 is 5.97 Å². The summed E-state index contributed by atoms with van der Waals surface area (Å²) in [4.78, 5) is 15.5. The number of esters is 1. The maximum absolute atomic E-state index is 10.9. The van der Waals surface area contributed by atoms with Crippen molar-refractivity contribution in [3.8, 4) is 0 Å². The highest BCUT2D eigenvalue weighted by Crippen LogP contribution is 2.04. The summed E-state index contributed by atoms with van der Waals surface area (Å²) < 4.78 is 4.61. The Hall–Kier alpha value is -1.26. The van der Waals surface area contributed by atoms with Crippen molar-refractivity contribution in [1.29, 1.82) is 0 Å². The molecular weight excluding hydrogens is 254 g/mol. The Morgan fingerprint density at radius 2 is 1.80 bits per heavy atom. The molecule has 0 aromatic carbocycles. The summed E-state index contributed by atoms with van der Waals surface area (Å²) in [6.45, 7) is 10.1. The van der Waals surface area contributed by atoms with E-state index in [4.69, 9.17) is 0 Å². The van der Waals surface area contributed by atoms with Gasteiger partial charge in [-0.1, -0.05) is 12.8 Å². The normalized spacial score (nSPS) is 12.2. The first kappa shape index (κ1) is 18.7. The average molecular weight is 285 g/mol. The van der Waals surface area contributed by atoms with Crippen LogP contribution in [0.3, 0.4) is 0 Å². The highest BCUT2D eigenvalue weighted by atomic mass is 16.5. The number of hydrogen-bond donors (Lipinski definition) is 2. The van der Waals surface area contributed by atoms with Gasteiger partial charge in [0.15, 0.2) is 5.96 Å². The van der Waals surface area contributed by atoms with Gasteiger partial charge in [-0.25, -0.2) is 0 Å². The molecule has 0 aromatic rings. The highest BCUT2D eigenvalue weighted by molar-refractivity contribution is 5.80. The van der Waals surface area contributed by atoms with E-state index in [1.807, 2.05) is 0 Å². The maximum Gasteiger partial charge on any atom is 0.305 e. The minimum absolute atomic E-state index is 0.0154. The Morgan fingerprint density at radius 1 is 1.15 bits per heavy atom. The molecule has 0 unspecified atom stereocenters. The summed E-state index contributed by atoms with van der Waals surface area (Å²) in [5.41, 5.74) is 0.0154. The van der Waals surface area contributed by atoms with Gasteiger partial charge in [-0.3, -0.25) is 9.79 Å². The van der Waals surface area contributed by atoms with Crippen molar-refractivity contribution in [2.45, 2.75) is 65.3 Å². The third-order valence-electron chi connectivity index (χ3n) is 2.62. The van der Waals surface area contributed by atoms with Crippen LogP contribution in [-0.4, -0.2) is 37.7 Å². The summed E-state index contributed by atoms with van der Waals surface area (Å²) >= 11 is 0. The topological polar surface area (TPSA) is 62.7 Å². The minimum atomic E-state index is -0.119. The Labute approximate surface area is 123 Å². The van der Waals surface area contributed by atoms with E-state index in [1.165, 1.54) is 7.11 Å². The van der Waals surface area contributed by atoms with E-state index in [1.54, 1.807) is 0 Å². The van der Waals surface area contributed by atoms with Gasteiger partial charge in [-0.15, -0.1) is 0 Å². The molecule has 0 aliphatic heterocycles. The van der Waals surface area contributed by atoms with Crippen LogP contribution in [0.2, 0.25) is 0 Å². The van der Waals surface area contributed by atoms with Crippen molar-refractivity contribution in [2.75, 3.05) is 20.2 Å². The van der Waals surface area contributed by atoms with E-state index in [2.05, 4.69) is 48.1 Å². The van der Waals surface area contributed by atoms with Crippen molar-refractivity contribution in [2.24, 2.45) is 4.99 Å². The lowest BCUT2D eigenvalue weighted by molar-refractivity contribution is -0.140. The fraction of sp³-hybridized carbons (Fsp3) is 0.867. The number of guanidine groups is 1. The standard InChI is InChI=1S/C15H31N3O2/c1-6-16-14(18-15(2,3)4)17-12-10-8-7-9-11-13(19)20-5/h6-12H2,1-5H3,(H2,16,17,18). The number of ether oxygens (including phenoxy) is 1. The number of carbonyl (C=O) groups excluding carboxylic acids is 1. The van der Waals surface area contributed by atoms with E-state index in [9.17, 15) is 4.79 Å². The minimum Gasteiger partial charge on any atom is -0.469 e. The summed E-state index contributed by atoms with van der Waals surface area (Å²) in [5.74, 6) is 0.751. The molecule has 5 heteroatoms. The largest absolute Gasteiger partial charge is 0.469 e. The van der Waals surface area contributed by atoms with E-state index in [-0.39, 0.29) is 11.5 Å². The molecule has 0 rings (SSSR count). The van der Waals surface area contributed by atoms with Crippen LogP contribution in [-0.2, 0) is 9.53 Å². The first-order valence-corrected chi connectivity index (χ1v) is 7.52. The number of hydrogen-bond acceptors (Lipinski definition) is 3. The second kappa shape index (κ2) is 10.5. The third kappa shape index (κ3) is 11.8. The molecule has 0 atom stereocenters. The molecule has 0 saturated carbocycles. The molecule has 0 aliphatic rings. The monoisotopic (exact) mass is 285 g/mol. The molecule has 0 amide bonds. The quantitative estimate of drug-likeness (QED) is 0.311. The molecule has 0 fully saturated rings. The lowest BCUT2D eigenvalue weighted by atomic mass is 10.1. The molecule has 2 N–H and O–H groups in total. The molecular formula is C15H31N3O2. The molecule has 0 aromatic heterocycles. The molecule has 20 heavy (non-hydrogen) atoms. The van der Waals surface area contributed by atoms with E-state index in [0.29, 0.717) is 6.42 Å². The number of aliphatic imine (C=N–C) groups is 1. The molecule has 0 spiro atoms. The Morgan fingerprint density at radius 3 is 2.35 bits per heavy atom. The summed E-state index contributed by atoms with van der Waals surface area (Å²) in [6, 6.07) is 0. The van der Waals surface area contributed by atoms with Crippen LogP contribution in [0.4, 0.5) is 0 Å². The zero-order valence-corrected chi connectivity index (χ0v) is 13.7. The van der Waals surface area contributed by atoms with Gasteiger partial charge in [-0.05, 0) is 40.5 Å². The predicted octanol–water partition coefficient (Wildman–Crippen LogP) is 2.46. The lowest BCUT2D eigenvalue weighted by Crippen LogP contribution is -2.47. The van der Waals surface area contributed by atoms with Crippen LogP contribution in [0.1, 0.15) is 59.8 Å². The second-order valence-corrected chi connectivity index (χ2v) is 5.88. The van der Waals surface area contributed by atoms with E-state index >= 15 is 0 Å². The predicted molar refractivity (Wildman–Crippen MR) is 84.0 cm³/mol. The van der Waals surface area contributed by atoms with Crippen molar-refractivity contribution >= 4 is 11.9 Å². The van der Waals surface area contributed by atoms with Crippen LogP contribution in [0.15, 0.2) is 4.99 Å². The van der Waals surface area contributed by atoms with Crippen LogP contribution in [0.25, 0.3) is 0 Å². The Bertz CT molecular complexity index is 296. The SMILES string of the molecule is CCNC(=NCCCCCCC(=O)OC)NC(C)(C)C. The van der Waals surface area contributed by atoms with E-state index in [0.717, 1.165) is 44.7 Å². The van der Waals surface area contributed by atoms with Crippen molar-refractivity contribution in [3.05, 3.63) is 0 Å². The lowest BCUT2D eigenvalue weighted by Gasteiger charge is -2.23. The summed E-state index contributed by atoms with van der Waals surface area (Å²) in [5, 5.41) is 6.60. The van der Waals surface area contributed by atoms with E-state index < -0.39 is 0 Å². The Kier molecular flexibility index (Phi) is 9.86. The molecule has 5 nitrogen and oxygen atoms in total. The summed E-state index contributed by atoms with van der Waals surface area (Å²) in [6.07, 6.45) is 4.61. The van der Waals surface area contributed by atoms with Crippen LogP contribution < -0.4 is 10.6 Å². The highest BCUT2D eigenvalue weighted by Gasteiger charge is 2.11. The Balaban J connectivity index is 3.80. The van der Waals surface area contributed by atoms with Crippen LogP contribution in [0, 0.1) is 0 Å². The fourth-order valence-corrected chi connectivity index (χ4v) is 1.69. The molecule has 0 radical (unpaired) electrons. The van der Waals surface area contributed by atoms with Crippen molar-refractivity contribution < 1.29 is 9.53 Å². The van der Waals surface area contributed by atoms with Crippen LogP contribution >= 0.6 is 0 Å². The van der Waals surface area contributed by atoms with Crippen molar-refractivity contribution in [3.63, 3.8) is 0 Å². The molecule has 0 saturated heterocycles. The number of methoxy groups -OCH3 is 1. The smallest absolute Gasteiger partial charge is 0.305 e. The molecule has 118 valence electrons. The fourth-order valence-electron chi connectivity index (χ4n) is 1.69. The number of unbranched alkanes of at least 4 members (excludes halogenated alkanes) is 3. The van der Waals surface area contributed by atoms with Gasteiger partial charge in [0.2, 0.25) is 0 Å². The second-order valence-electron chi connectivity index (χ2n) is 5.88. The number of carbonyl (C=O) groups is 1. The van der Waals surface area contributed by atoms with Gasteiger partial charge in [0, 0.05) is 25.0 Å². The average Bonchev–Trinajstić information content (AvgIpc) is 2.35. The van der Waals surface area contributed by atoms with Crippen molar-refractivity contribution in [1.82, 2.24) is 10.6 Å². The zero-order chi connectivity index (χ0) is 15.4. The molecule has 0 heterocycles. The number of nitrogens with zero attached hydrogens (tertiary/aromatic N) is 1. The van der Waals surface area contributed by atoms with Gasteiger partial charge in [-0.2, -0.15) is 0 Å². The molecule has 0 aliphatic carbocycles. The zero-order valence-electron chi connectivity index (χ0n) is 13.7. The van der Waals surface area contributed by atoms with Crippen LogP contribution in [0.5, 0.6) is 0 Å². The number of rotatable bonds is 8. The van der Waals surface area contributed by atoms with Gasteiger partial charge in [0.05, 0.1) is 7.11 Å². The third-order valence-corrected chi connectivity index (χ3v) is 2.62. The molecule has 0 bridgehead atoms. The van der Waals surface area contributed by atoms with Gasteiger partial charge < -0.3 is 15.4 Å². The van der Waals surface area contributed by atoms with Gasteiger partial charge in [0.25, 0.3) is 0 Å². The first-order valence-electron chi connectivity index (χ1n) is 7.52.